The normalized spacial score (nSPS) is 13.6. The Morgan fingerprint density at radius 1 is 1.10 bits per heavy atom. The Labute approximate surface area is 220 Å². The molecule has 0 fully saturated rings. The van der Waals surface area contributed by atoms with E-state index in [9.17, 15) is 35.6 Å². The van der Waals surface area contributed by atoms with Crippen molar-refractivity contribution in [1.29, 1.82) is 0 Å². The Bertz CT molecular complexity index is 1470. The lowest BCUT2D eigenvalue weighted by molar-refractivity contribution is -0.120. The number of hydrogen-bond acceptors (Lipinski definition) is 6. The van der Waals surface area contributed by atoms with E-state index in [2.05, 4.69) is 15.3 Å². The Morgan fingerprint density at radius 3 is 2.46 bits per heavy atom. The molecule has 206 valence electrons. The van der Waals surface area contributed by atoms with Crippen LogP contribution in [-0.2, 0) is 27.8 Å². The molecule has 10 nitrogen and oxygen atoms in total. The van der Waals surface area contributed by atoms with E-state index in [1.54, 1.807) is 12.1 Å². The minimum atomic E-state index is -4.43. The van der Waals surface area contributed by atoms with Gasteiger partial charge < -0.3 is 10.2 Å². The molecule has 0 aliphatic carbocycles. The summed E-state index contributed by atoms with van der Waals surface area (Å²) < 4.78 is 81.8. The molecule has 15 heteroatoms. The number of benzene rings is 1. The summed E-state index contributed by atoms with van der Waals surface area (Å²) in [5, 5.41) is 2.24. The standard InChI is InChI=1S/C24H22F4N6O4S/c1-33(18-4-5-19(21(27)28)30-13-18)23(35)20(11-14-9-16(25)12-17(26)10-14)31-24(36)32-39(37,38)34-8-6-15-3-2-7-29-22(15)34/h2-5,7,9-10,12-13,20-21H,6,8,11H2,1H3,(H2,31,32,36). The molecule has 1 atom stereocenters. The molecule has 0 saturated heterocycles. The third kappa shape index (κ3) is 6.42. The van der Waals surface area contributed by atoms with Crippen molar-refractivity contribution in [3.05, 3.63) is 83.3 Å². The van der Waals surface area contributed by atoms with Gasteiger partial charge in [0.2, 0.25) is 5.91 Å². The van der Waals surface area contributed by atoms with Gasteiger partial charge in [0, 0.05) is 32.3 Å². The summed E-state index contributed by atoms with van der Waals surface area (Å²) in [6.45, 7) is 0.0320. The average molecular weight is 567 g/mol. The van der Waals surface area contributed by atoms with Gasteiger partial charge in [0.05, 0.1) is 11.9 Å². The molecule has 2 N–H and O–H groups in total. The van der Waals surface area contributed by atoms with Gasteiger partial charge in [-0.15, -0.1) is 0 Å². The number of urea groups is 1. The van der Waals surface area contributed by atoms with Crippen LogP contribution in [0, 0.1) is 11.6 Å². The van der Waals surface area contributed by atoms with Gasteiger partial charge in [0.1, 0.15) is 29.2 Å². The van der Waals surface area contributed by atoms with Gasteiger partial charge in [0.25, 0.3) is 6.43 Å². The monoisotopic (exact) mass is 566 g/mol. The Morgan fingerprint density at radius 2 is 1.82 bits per heavy atom. The Kier molecular flexibility index (Phi) is 7.99. The summed E-state index contributed by atoms with van der Waals surface area (Å²) in [7, 11) is -3.17. The number of pyridine rings is 2. The van der Waals surface area contributed by atoms with Gasteiger partial charge in [-0.05, 0) is 47.9 Å². The van der Waals surface area contributed by atoms with Crippen LogP contribution in [0.2, 0.25) is 0 Å². The van der Waals surface area contributed by atoms with Crippen molar-refractivity contribution in [2.75, 3.05) is 22.8 Å². The Hall–Kier alpha value is -4.27. The predicted molar refractivity (Wildman–Crippen MR) is 132 cm³/mol. The number of nitrogens with one attached hydrogen (secondary N) is 2. The molecular weight excluding hydrogens is 544 g/mol. The smallest absolute Gasteiger partial charge is 0.325 e. The van der Waals surface area contributed by atoms with Gasteiger partial charge in [-0.3, -0.25) is 9.78 Å². The molecule has 39 heavy (non-hydrogen) atoms. The summed E-state index contributed by atoms with van der Waals surface area (Å²) in [6, 6.07) is 5.27. The number of amides is 3. The van der Waals surface area contributed by atoms with E-state index in [0.717, 1.165) is 33.6 Å². The van der Waals surface area contributed by atoms with Crippen molar-refractivity contribution in [3.8, 4) is 0 Å². The zero-order valence-corrected chi connectivity index (χ0v) is 21.1. The molecule has 1 aliphatic rings. The van der Waals surface area contributed by atoms with E-state index in [0.29, 0.717) is 18.1 Å². The maximum absolute atomic E-state index is 13.8. The van der Waals surface area contributed by atoms with Gasteiger partial charge in [-0.1, -0.05) is 6.07 Å². The van der Waals surface area contributed by atoms with Crippen LogP contribution in [0.3, 0.4) is 0 Å². The summed E-state index contributed by atoms with van der Waals surface area (Å²) >= 11 is 0. The summed E-state index contributed by atoms with van der Waals surface area (Å²) in [5.74, 6) is -2.54. The zero-order valence-electron chi connectivity index (χ0n) is 20.3. The average Bonchev–Trinajstić information content (AvgIpc) is 3.32. The third-order valence-electron chi connectivity index (χ3n) is 5.88. The van der Waals surface area contributed by atoms with Crippen molar-refractivity contribution in [2.45, 2.75) is 25.3 Å². The number of anilines is 2. The number of carbonyl (C=O) groups is 2. The van der Waals surface area contributed by atoms with Gasteiger partial charge in [-0.25, -0.2) is 36.4 Å². The summed E-state index contributed by atoms with van der Waals surface area (Å²) in [5.41, 5.74) is 0.213. The highest BCUT2D eigenvalue weighted by molar-refractivity contribution is 7.91. The minimum absolute atomic E-state index is 0.00810. The molecule has 0 spiro atoms. The number of alkyl halides is 2. The van der Waals surface area contributed by atoms with Crippen LogP contribution in [0.5, 0.6) is 0 Å². The molecule has 3 amide bonds. The number of hydrogen-bond donors (Lipinski definition) is 2. The topological polar surface area (TPSA) is 125 Å². The van der Waals surface area contributed by atoms with Gasteiger partial charge in [-0.2, -0.15) is 8.42 Å². The fourth-order valence-electron chi connectivity index (χ4n) is 4.02. The van der Waals surface area contributed by atoms with Crippen LogP contribution < -0.4 is 19.2 Å². The van der Waals surface area contributed by atoms with Crippen molar-refractivity contribution >= 4 is 33.7 Å². The molecular formula is C24H22F4N6O4S. The number of likely N-dealkylation sites (N-methyl/N-ethyl adjacent to an activating group) is 1. The molecule has 2 aromatic heterocycles. The molecule has 0 saturated carbocycles. The lowest BCUT2D eigenvalue weighted by Crippen LogP contribution is -2.54. The number of rotatable bonds is 8. The number of halogens is 4. The maximum atomic E-state index is 13.8. The molecule has 3 aromatic rings. The van der Waals surface area contributed by atoms with Crippen LogP contribution in [0.1, 0.15) is 23.2 Å². The van der Waals surface area contributed by atoms with Gasteiger partial charge in [0.15, 0.2) is 0 Å². The lowest BCUT2D eigenvalue weighted by Gasteiger charge is -2.25. The van der Waals surface area contributed by atoms with Crippen molar-refractivity contribution in [1.82, 2.24) is 20.0 Å². The third-order valence-corrected chi connectivity index (χ3v) is 7.26. The first kappa shape index (κ1) is 27.8. The number of carbonyl (C=O) groups excluding carboxylic acids is 2. The lowest BCUT2D eigenvalue weighted by atomic mass is 10.0. The predicted octanol–water partition coefficient (Wildman–Crippen LogP) is 2.87. The van der Waals surface area contributed by atoms with E-state index in [-0.39, 0.29) is 23.6 Å². The van der Waals surface area contributed by atoms with Crippen LogP contribution in [-0.4, -0.2) is 50.0 Å². The van der Waals surface area contributed by atoms with Crippen molar-refractivity contribution < 1.29 is 35.6 Å². The zero-order chi connectivity index (χ0) is 28.3. The second kappa shape index (κ2) is 11.2. The quantitative estimate of drug-likeness (QED) is 0.404. The second-order valence-electron chi connectivity index (χ2n) is 8.56. The first-order valence-electron chi connectivity index (χ1n) is 11.5. The van der Waals surface area contributed by atoms with Crippen LogP contribution >= 0.6 is 0 Å². The van der Waals surface area contributed by atoms with E-state index in [4.69, 9.17) is 0 Å². The maximum Gasteiger partial charge on any atom is 0.330 e. The first-order valence-corrected chi connectivity index (χ1v) is 12.9. The van der Waals surface area contributed by atoms with Crippen LogP contribution in [0.4, 0.5) is 33.9 Å². The van der Waals surface area contributed by atoms with E-state index in [1.807, 2.05) is 4.72 Å². The molecule has 4 rings (SSSR count). The highest BCUT2D eigenvalue weighted by Gasteiger charge is 2.33. The van der Waals surface area contributed by atoms with Crippen LogP contribution in [0.15, 0.2) is 54.9 Å². The highest BCUT2D eigenvalue weighted by atomic mass is 32.2. The Balaban J connectivity index is 1.55. The molecule has 0 radical (unpaired) electrons. The number of nitrogens with zero attached hydrogens (tertiary/aromatic N) is 4. The molecule has 1 unspecified atom stereocenters. The number of aromatic nitrogens is 2. The fourth-order valence-corrected chi connectivity index (χ4v) is 5.15. The molecule has 1 aromatic carbocycles. The first-order chi connectivity index (χ1) is 18.4. The highest BCUT2D eigenvalue weighted by Crippen LogP contribution is 2.27. The van der Waals surface area contributed by atoms with Crippen molar-refractivity contribution in [3.63, 3.8) is 0 Å². The largest absolute Gasteiger partial charge is 0.330 e. The van der Waals surface area contributed by atoms with Crippen LogP contribution in [0.25, 0.3) is 0 Å². The summed E-state index contributed by atoms with van der Waals surface area (Å²) in [4.78, 5) is 34.7. The van der Waals surface area contributed by atoms with E-state index >= 15 is 0 Å². The van der Waals surface area contributed by atoms with E-state index < -0.39 is 58.4 Å². The molecule has 0 bridgehead atoms. The van der Waals surface area contributed by atoms with Gasteiger partial charge >= 0.3 is 16.2 Å². The fraction of sp³-hybridized carbons (Fsp3) is 0.250. The second-order valence-corrected chi connectivity index (χ2v) is 10.2. The van der Waals surface area contributed by atoms with Crippen molar-refractivity contribution in [2.24, 2.45) is 0 Å². The molecule has 1 aliphatic heterocycles. The molecule has 3 heterocycles. The van der Waals surface area contributed by atoms with E-state index in [1.165, 1.54) is 19.3 Å². The summed E-state index contributed by atoms with van der Waals surface area (Å²) in [6.07, 6.45) is -0.470. The SMILES string of the molecule is CN(C(=O)C(Cc1cc(F)cc(F)c1)NC(=O)NS(=O)(=O)N1CCc2cccnc21)c1ccc(C(F)F)nc1. The number of fused-ring (bicyclic) bond motifs is 1. The minimum Gasteiger partial charge on any atom is -0.325 e.